The SMILES string of the molecule is CCCCC(CSCCC)OCN(CC)CC. The topological polar surface area (TPSA) is 12.5 Å². The number of hydrogen-bond donors (Lipinski definition) is 0. The van der Waals surface area contributed by atoms with E-state index in [1.54, 1.807) is 0 Å². The Morgan fingerprint density at radius 1 is 1.06 bits per heavy atom. The minimum atomic E-state index is 0.451. The van der Waals surface area contributed by atoms with E-state index in [1.807, 2.05) is 11.8 Å². The summed E-state index contributed by atoms with van der Waals surface area (Å²) >= 11 is 2.04. The number of hydrogen-bond acceptors (Lipinski definition) is 3. The summed E-state index contributed by atoms with van der Waals surface area (Å²) in [5.41, 5.74) is 0. The molecule has 0 aromatic carbocycles. The van der Waals surface area contributed by atoms with Crippen LogP contribution in [0, 0.1) is 0 Å². The van der Waals surface area contributed by atoms with Crippen molar-refractivity contribution in [1.82, 2.24) is 4.90 Å². The van der Waals surface area contributed by atoms with Crippen LogP contribution in [0.2, 0.25) is 0 Å². The second-order valence-corrected chi connectivity index (χ2v) is 5.59. The molecule has 0 aromatic rings. The van der Waals surface area contributed by atoms with Crippen LogP contribution in [0.4, 0.5) is 0 Å². The van der Waals surface area contributed by atoms with Gasteiger partial charge in [0.2, 0.25) is 0 Å². The highest BCUT2D eigenvalue weighted by Crippen LogP contribution is 2.13. The van der Waals surface area contributed by atoms with Crippen LogP contribution >= 0.6 is 11.8 Å². The lowest BCUT2D eigenvalue weighted by Crippen LogP contribution is -2.30. The molecular formula is C14H31NOS. The van der Waals surface area contributed by atoms with Gasteiger partial charge < -0.3 is 4.74 Å². The van der Waals surface area contributed by atoms with Crippen molar-refractivity contribution < 1.29 is 4.74 Å². The Labute approximate surface area is 112 Å². The fourth-order valence-corrected chi connectivity index (χ4v) is 2.60. The van der Waals surface area contributed by atoms with Crippen molar-refractivity contribution in [2.45, 2.75) is 59.5 Å². The zero-order valence-electron chi connectivity index (χ0n) is 12.2. The summed E-state index contributed by atoms with van der Waals surface area (Å²) in [4.78, 5) is 2.34. The molecule has 0 fully saturated rings. The summed E-state index contributed by atoms with van der Waals surface area (Å²) in [5, 5.41) is 0. The maximum Gasteiger partial charge on any atom is 0.0994 e. The molecular weight excluding hydrogens is 230 g/mol. The largest absolute Gasteiger partial charge is 0.362 e. The van der Waals surface area contributed by atoms with Crippen molar-refractivity contribution in [2.24, 2.45) is 0 Å². The van der Waals surface area contributed by atoms with E-state index in [0.717, 1.165) is 25.6 Å². The molecule has 0 saturated carbocycles. The molecule has 1 unspecified atom stereocenters. The van der Waals surface area contributed by atoms with Crippen molar-refractivity contribution in [3.63, 3.8) is 0 Å². The molecule has 3 heteroatoms. The average Bonchev–Trinajstić information content (AvgIpc) is 2.36. The van der Waals surface area contributed by atoms with Gasteiger partial charge in [-0.3, -0.25) is 4.90 Å². The molecule has 0 spiro atoms. The average molecular weight is 261 g/mol. The number of ether oxygens (including phenoxy) is 1. The Balaban J connectivity index is 3.82. The lowest BCUT2D eigenvalue weighted by molar-refractivity contribution is -0.0123. The van der Waals surface area contributed by atoms with Crippen LogP contribution in [0.15, 0.2) is 0 Å². The van der Waals surface area contributed by atoms with E-state index in [0.29, 0.717) is 6.10 Å². The first-order valence-electron chi connectivity index (χ1n) is 7.20. The van der Waals surface area contributed by atoms with E-state index < -0.39 is 0 Å². The second-order valence-electron chi connectivity index (χ2n) is 4.44. The van der Waals surface area contributed by atoms with Crippen molar-refractivity contribution >= 4 is 11.8 Å². The third kappa shape index (κ3) is 9.93. The van der Waals surface area contributed by atoms with Crippen molar-refractivity contribution in [2.75, 3.05) is 31.3 Å². The standard InChI is InChI=1S/C14H31NOS/c1-5-9-10-14(12-17-11-6-2)16-13-15(7-3)8-4/h14H,5-13H2,1-4H3. The molecule has 104 valence electrons. The summed E-state index contributed by atoms with van der Waals surface area (Å²) < 4.78 is 6.04. The van der Waals surface area contributed by atoms with Crippen LogP contribution in [-0.2, 0) is 4.74 Å². The van der Waals surface area contributed by atoms with Crippen LogP contribution in [0.1, 0.15) is 53.4 Å². The normalized spacial score (nSPS) is 13.2. The Kier molecular flexibility index (Phi) is 12.9. The maximum absolute atomic E-state index is 6.04. The van der Waals surface area contributed by atoms with Gasteiger partial charge in [-0.05, 0) is 31.7 Å². The van der Waals surface area contributed by atoms with Crippen molar-refractivity contribution in [3.8, 4) is 0 Å². The highest BCUT2D eigenvalue weighted by atomic mass is 32.2. The van der Waals surface area contributed by atoms with Crippen LogP contribution in [-0.4, -0.2) is 42.3 Å². The highest BCUT2D eigenvalue weighted by molar-refractivity contribution is 7.99. The summed E-state index contributed by atoms with van der Waals surface area (Å²) in [7, 11) is 0. The molecule has 0 aliphatic carbocycles. The van der Waals surface area contributed by atoms with Gasteiger partial charge in [0.1, 0.15) is 0 Å². The van der Waals surface area contributed by atoms with E-state index in [-0.39, 0.29) is 0 Å². The molecule has 0 amide bonds. The van der Waals surface area contributed by atoms with E-state index in [4.69, 9.17) is 4.74 Å². The van der Waals surface area contributed by atoms with Crippen LogP contribution in [0.5, 0.6) is 0 Å². The molecule has 0 aliphatic rings. The fraction of sp³-hybridized carbons (Fsp3) is 1.00. The van der Waals surface area contributed by atoms with E-state index in [2.05, 4.69) is 32.6 Å². The third-order valence-electron chi connectivity index (χ3n) is 2.92. The zero-order chi connectivity index (χ0) is 12.9. The van der Waals surface area contributed by atoms with Crippen molar-refractivity contribution in [1.29, 1.82) is 0 Å². The minimum absolute atomic E-state index is 0.451. The van der Waals surface area contributed by atoms with Gasteiger partial charge in [-0.1, -0.05) is 40.5 Å². The van der Waals surface area contributed by atoms with Crippen LogP contribution in [0.25, 0.3) is 0 Å². The van der Waals surface area contributed by atoms with Crippen molar-refractivity contribution in [3.05, 3.63) is 0 Å². The third-order valence-corrected chi connectivity index (χ3v) is 4.22. The summed E-state index contributed by atoms with van der Waals surface area (Å²) in [6.45, 7) is 11.8. The van der Waals surface area contributed by atoms with Gasteiger partial charge in [0.05, 0.1) is 12.8 Å². The maximum atomic E-state index is 6.04. The van der Waals surface area contributed by atoms with Gasteiger partial charge in [0.25, 0.3) is 0 Å². The molecule has 0 radical (unpaired) electrons. The van der Waals surface area contributed by atoms with E-state index in [9.17, 15) is 0 Å². The van der Waals surface area contributed by atoms with Gasteiger partial charge in [-0.25, -0.2) is 0 Å². The lowest BCUT2D eigenvalue weighted by Gasteiger charge is -2.23. The molecule has 0 heterocycles. The van der Waals surface area contributed by atoms with Gasteiger partial charge in [-0.2, -0.15) is 11.8 Å². The molecule has 2 nitrogen and oxygen atoms in total. The Hall–Kier alpha value is 0.270. The molecule has 0 saturated heterocycles. The van der Waals surface area contributed by atoms with Gasteiger partial charge in [0, 0.05) is 5.75 Å². The quantitative estimate of drug-likeness (QED) is 0.389. The first-order chi connectivity index (χ1) is 8.28. The highest BCUT2D eigenvalue weighted by Gasteiger charge is 2.10. The lowest BCUT2D eigenvalue weighted by atomic mass is 10.2. The Morgan fingerprint density at radius 3 is 2.29 bits per heavy atom. The van der Waals surface area contributed by atoms with E-state index >= 15 is 0 Å². The zero-order valence-corrected chi connectivity index (χ0v) is 13.0. The molecule has 1 atom stereocenters. The second kappa shape index (κ2) is 12.7. The molecule has 17 heavy (non-hydrogen) atoms. The number of nitrogens with zero attached hydrogens (tertiary/aromatic N) is 1. The fourth-order valence-electron chi connectivity index (χ4n) is 1.62. The summed E-state index contributed by atoms with van der Waals surface area (Å²) in [6.07, 6.45) is 5.49. The Morgan fingerprint density at radius 2 is 1.76 bits per heavy atom. The minimum Gasteiger partial charge on any atom is -0.362 e. The predicted octanol–water partition coefficient (Wildman–Crippen LogP) is 4.00. The predicted molar refractivity (Wildman–Crippen MR) is 79.8 cm³/mol. The monoisotopic (exact) mass is 261 g/mol. The van der Waals surface area contributed by atoms with E-state index in [1.165, 1.54) is 31.4 Å². The molecule has 0 aromatic heterocycles. The summed E-state index contributed by atoms with van der Waals surface area (Å²) in [5.74, 6) is 2.42. The molecule has 0 rings (SSSR count). The number of thioether (sulfide) groups is 1. The van der Waals surface area contributed by atoms with Gasteiger partial charge in [-0.15, -0.1) is 0 Å². The first-order valence-corrected chi connectivity index (χ1v) is 8.35. The van der Waals surface area contributed by atoms with Gasteiger partial charge in [0.15, 0.2) is 0 Å². The smallest absolute Gasteiger partial charge is 0.0994 e. The number of rotatable bonds is 12. The first kappa shape index (κ1) is 17.3. The Bertz CT molecular complexity index is 151. The number of unbranched alkanes of at least 4 members (excludes halogenated alkanes) is 1. The molecule has 0 aliphatic heterocycles. The molecule has 0 bridgehead atoms. The van der Waals surface area contributed by atoms with Gasteiger partial charge >= 0.3 is 0 Å². The summed E-state index contributed by atoms with van der Waals surface area (Å²) in [6, 6.07) is 0. The molecule has 0 N–H and O–H groups in total. The van der Waals surface area contributed by atoms with Crippen LogP contribution in [0.3, 0.4) is 0 Å². The van der Waals surface area contributed by atoms with Crippen LogP contribution < -0.4 is 0 Å².